The number of aromatic nitrogens is 4. The van der Waals surface area contributed by atoms with Crippen LogP contribution in [0.15, 0.2) is 11.1 Å². The van der Waals surface area contributed by atoms with Crippen LogP contribution in [0.3, 0.4) is 0 Å². The van der Waals surface area contributed by atoms with E-state index in [1.54, 1.807) is 6.33 Å². The van der Waals surface area contributed by atoms with Gasteiger partial charge in [0.2, 0.25) is 5.65 Å². The zero-order chi connectivity index (χ0) is 14.7. The molecule has 0 radical (unpaired) electrons. The summed E-state index contributed by atoms with van der Waals surface area (Å²) in [4.78, 5) is 15.7. The van der Waals surface area contributed by atoms with Crippen LogP contribution >= 0.6 is 11.3 Å². The van der Waals surface area contributed by atoms with Crippen LogP contribution in [0, 0.1) is 0 Å². The van der Waals surface area contributed by atoms with E-state index >= 15 is 0 Å². The van der Waals surface area contributed by atoms with Gasteiger partial charge >= 0.3 is 0 Å². The number of rotatable bonds is 1. The molecule has 0 unspecified atom stereocenters. The van der Waals surface area contributed by atoms with Crippen LogP contribution in [0.25, 0.3) is 16.0 Å². The van der Waals surface area contributed by atoms with Crippen molar-refractivity contribution in [2.75, 3.05) is 0 Å². The summed E-state index contributed by atoms with van der Waals surface area (Å²) in [6, 6.07) is 0.338. The normalized spacial score (nSPS) is 19.3. The third-order valence-corrected chi connectivity index (χ3v) is 6.51. The number of hydrogen-bond donors (Lipinski definition) is 0. The van der Waals surface area contributed by atoms with Gasteiger partial charge in [-0.05, 0) is 37.7 Å². The summed E-state index contributed by atoms with van der Waals surface area (Å²) in [6.07, 6.45) is 11.1. The highest BCUT2D eigenvalue weighted by atomic mass is 32.1. The van der Waals surface area contributed by atoms with E-state index in [1.165, 1.54) is 41.6 Å². The first-order valence-electron chi connectivity index (χ1n) is 8.23. The molecular formula is C16H18N4OS. The summed E-state index contributed by atoms with van der Waals surface area (Å²) < 4.78 is 3.99. The molecule has 1 fully saturated rings. The SMILES string of the molecule is O=c1c2nncn2c2sc3c(c2n1C1CCCCC1)CCC3. The fraction of sp³-hybridized carbons (Fsp3) is 0.562. The second kappa shape index (κ2) is 4.65. The van der Waals surface area contributed by atoms with Gasteiger partial charge in [0.25, 0.3) is 5.56 Å². The van der Waals surface area contributed by atoms with E-state index in [2.05, 4.69) is 14.8 Å². The Morgan fingerprint density at radius 1 is 1.14 bits per heavy atom. The van der Waals surface area contributed by atoms with Crippen LogP contribution in [0.2, 0.25) is 0 Å². The fourth-order valence-corrected chi connectivity index (χ4v) is 5.56. The van der Waals surface area contributed by atoms with Gasteiger partial charge in [-0.15, -0.1) is 21.5 Å². The van der Waals surface area contributed by atoms with Crippen molar-refractivity contribution < 1.29 is 0 Å². The Bertz CT molecular complexity index is 929. The Morgan fingerprint density at radius 3 is 2.86 bits per heavy atom. The molecule has 1 saturated carbocycles. The molecule has 5 rings (SSSR count). The van der Waals surface area contributed by atoms with E-state index < -0.39 is 0 Å². The molecule has 5 nitrogen and oxygen atoms in total. The van der Waals surface area contributed by atoms with Crippen LogP contribution in [0.1, 0.15) is 55.0 Å². The molecule has 3 aromatic heterocycles. The average molecular weight is 314 g/mol. The lowest BCUT2D eigenvalue weighted by Crippen LogP contribution is -2.28. The molecule has 0 amide bonds. The molecule has 0 bridgehead atoms. The summed E-state index contributed by atoms with van der Waals surface area (Å²) in [5.41, 5.74) is 3.13. The Labute approximate surface area is 131 Å². The molecule has 0 saturated heterocycles. The molecule has 114 valence electrons. The molecule has 3 aromatic rings. The molecule has 2 aliphatic rings. The van der Waals surface area contributed by atoms with E-state index in [0.717, 1.165) is 30.5 Å². The maximum atomic E-state index is 13.0. The monoisotopic (exact) mass is 314 g/mol. The third-order valence-electron chi connectivity index (χ3n) is 5.23. The number of nitrogens with zero attached hydrogens (tertiary/aromatic N) is 4. The minimum Gasteiger partial charge on any atom is -0.299 e. The maximum absolute atomic E-state index is 13.0. The Kier molecular flexibility index (Phi) is 2.71. The molecule has 0 spiro atoms. The smallest absolute Gasteiger partial charge is 0.296 e. The van der Waals surface area contributed by atoms with Gasteiger partial charge in [-0.2, -0.15) is 0 Å². The van der Waals surface area contributed by atoms with E-state index in [4.69, 9.17) is 0 Å². The minimum atomic E-state index is 0.0457. The summed E-state index contributed by atoms with van der Waals surface area (Å²) in [5.74, 6) is 0. The van der Waals surface area contributed by atoms with Gasteiger partial charge in [0, 0.05) is 10.9 Å². The van der Waals surface area contributed by atoms with Crippen molar-refractivity contribution in [1.29, 1.82) is 0 Å². The first-order valence-corrected chi connectivity index (χ1v) is 9.05. The van der Waals surface area contributed by atoms with Gasteiger partial charge in [0.1, 0.15) is 11.2 Å². The van der Waals surface area contributed by atoms with Crippen molar-refractivity contribution in [3.05, 3.63) is 27.1 Å². The first kappa shape index (κ1) is 12.8. The van der Waals surface area contributed by atoms with Gasteiger partial charge in [-0.25, -0.2) is 0 Å². The Balaban J connectivity index is 1.91. The van der Waals surface area contributed by atoms with Crippen molar-refractivity contribution in [3.63, 3.8) is 0 Å². The standard InChI is InChI=1S/C16H18N4OS/c21-15-14-18-17-9-19(14)16-13(11-7-4-8-12(11)22-16)20(15)10-5-2-1-3-6-10/h9-10H,1-8H2. The van der Waals surface area contributed by atoms with Crippen molar-refractivity contribution in [2.24, 2.45) is 0 Å². The number of aryl methyl sites for hydroxylation is 2. The summed E-state index contributed by atoms with van der Waals surface area (Å²) in [5, 5.41) is 8.08. The van der Waals surface area contributed by atoms with Crippen molar-refractivity contribution in [3.8, 4) is 0 Å². The topological polar surface area (TPSA) is 52.2 Å². The van der Waals surface area contributed by atoms with Crippen LogP contribution in [-0.4, -0.2) is 19.2 Å². The zero-order valence-corrected chi connectivity index (χ0v) is 13.2. The Morgan fingerprint density at radius 2 is 2.00 bits per heavy atom. The van der Waals surface area contributed by atoms with Crippen molar-refractivity contribution >= 4 is 27.3 Å². The third kappa shape index (κ3) is 1.61. The lowest BCUT2D eigenvalue weighted by atomic mass is 9.95. The molecular weight excluding hydrogens is 296 g/mol. The molecule has 6 heteroatoms. The predicted molar refractivity (Wildman–Crippen MR) is 86.8 cm³/mol. The highest BCUT2D eigenvalue weighted by Crippen LogP contribution is 2.39. The molecule has 3 heterocycles. The highest BCUT2D eigenvalue weighted by molar-refractivity contribution is 7.18. The van der Waals surface area contributed by atoms with Crippen molar-refractivity contribution in [2.45, 2.75) is 57.4 Å². The molecule has 0 aliphatic heterocycles. The number of hydrogen-bond acceptors (Lipinski definition) is 4. The lowest BCUT2D eigenvalue weighted by molar-refractivity contribution is 0.354. The molecule has 0 aromatic carbocycles. The summed E-state index contributed by atoms with van der Waals surface area (Å²) in [7, 11) is 0. The summed E-state index contributed by atoms with van der Waals surface area (Å²) >= 11 is 1.83. The van der Waals surface area contributed by atoms with Crippen LogP contribution in [-0.2, 0) is 12.8 Å². The molecule has 0 atom stereocenters. The summed E-state index contributed by atoms with van der Waals surface area (Å²) in [6.45, 7) is 0. The second-order valence-corrected chi connectivity index (χ2v) is 7.59. The van der Waals surface area contributed by atoms with Gasteiger partial charge in [0.05, 0.1) is 5.52 Å². The van der Waals surface area contributed by atoms with Gasteiger partial charge in [0.15, 0.2) is 0 Å². The maximum Gasteiger partial charge on any atom is 0.296 e. The highest BCUT2D eigenvalue weighted by Gasteiger charge is 2.27. The quantitative estimate of drug-likeness (QED) is 0.693. The minimum absolute atomic E-state index is 0.0457. The van der Waals surface area contributed by atoms with Crippen LogP contribution in [0.4, 0.5) is 0 Å². The van der Waals surface area contributed by atoms with E-state index in [0.29, 0.717) is 11.7 Å². The van der Waals surface area contributed by atoms with Crippen molar-refractivity contribution in [1.82, 2.24) is 19.2 Å². The molecule has 22 heavy (non-hydrogen) atoms. The Hall–Kier alpha value is -1.69. The van der Waals surface area contributed by atoms with Crippen LogP contribution in [0.5, 0.6) is 0 Å². The van der Waals surface area contributed by atoms with Crippen LogP contribution < -0.4 is 5.56 Å². The zero-order valence-electron chi connectivity index (χ0n) is 12.4. The van der Waals surface area contributed by atoms with E-state index in [9.17, 15) is 4.79 Å². The lowest BCUT2D eigenvalue weighted by Gasteiger charge is -2.25. The van der Waals surface area contributed by atoms with E-state index in [1.807, 2.05) is 15.7 Å². The largest absolute Gasteiger partial charge is 0.299 e. The van der Waals surface area contributed by atoms with E-state index in [-0.39, 0.29) is 5.56 Å². The molecule has 0 N–H and O–H groups in total. The number of fused-ring (bicyclic) bond motifs is 5. The van der Waals surface area contributed by atoms with Gasteiger partial charge in [-0.3, -0.25) is 13.8 Å². The fourth-order valence-electron chi connectivity index (χ4n) is 4.21. The predicted octanol–water partition coefficient (Wildman–Crippen LogP) is 3.10. The van der Waals surface area contributed by atoms with Gasteiger partial charge in [-0.1, -0.05) is 19.3 Å². The average Bonchev–Trinajstić information content (AvgIpc) is 3.23. The molecule has 2 aliphatic carbocycles. The number of thiophene rings is 1. The van der Waals surface area contributed by atoms with Gasteiger partial charge < -0.3 is 0 Å². The second-order valence-electron chi connectivity index (χ2n) is 6.50. The first-order chi connectivity index (χ1) is 10.8.